The highest BCUT2D eigenvalue weighted by Gasteiger charge is 2.24. The van der Waals surface area contributed by atoms with Gasteiger partial charge in [-0.2, -0.15) is 9.78 Å². The zero-order valence-corrected chi connectivity index (χ0v) is 14.1. The fourth-order valence-electron chi connectivity index (χ4n) is 2.38. The van der Waals surface area contributed by atoms with E-state index in [1.54, 1.807) is 49.4 Å². The van der Waals surface area contributed by atoms with Crippen LogP contribution in [0.3, 0.4) is 0 Å². The van der Waals surface area contributed by atoms with E-state index in [2.05, 4.69) is 5.10 Å². The van der Waals surface area contributed by atoms with Gasteiger partial charge in [-0.3, -0.25) is 4.79 Å². The van der Waals surface area contributed by atoms with Gasteiger partial charge in [-0.25, -0.2) is 4.79 Å². The Bertz CT molecular complexity index is 930. The molecule has 0 N–H and O–H groups in total. The fraction of sp³-hybridized carbons (Fsp3) is 0.118. The van der Waals surface area contributed by atoms with Crippen LogP contribution in [-0.4, -0.2) is 28.3 Å². The van der Waals surface area contributed by atoms with Crippen molar-refractivity contribution in [2.75, 3.05) is 6.61 Å². The number of halogens is 2. The Balaban J connectivity index is 2.20. The summed E-state index contributed by atoms with van der Waals surface area (Å²) in [5, 5.41) is 5.09. The molecule has 5 nitrogen and oxygen atoms in total. The van der Waals surface area contributed by atoms with Gasteiger partial charge in [-0.15, -0.1) is 0 Å². The first kappa shape index (κ1) is 16.5. The van der Waals surface area contributed by atoms with Crippen molar-refractivity contribution in [1.29, 1.82) is 0 Å². The van der Waals surface area contributed by atoms with Crippen LogP contribution in [0.25, 0.3) is 10.9 Å². The summed E-state index contributed by atoms with van der Waals surface area (Å²) >= 11 is 12.2. The van der Waals surface area contributed by atoms with E-state index >= 15 is 0 Å². The van der Waals surface area contributed by atoms with Gasteiger partial charge in [-0.05, 0) is 25.1 Å². The molecule has 24 heavy (non-hydrogen) atoms. The molecule has 3 rings (SSSR count). The molecular formula is C17H12Cl2N2O3. The van der Waals surface area contributed by atoms with Gasteiger partial charge in [0.1, 0.15) is 0 Å². The molecule has 0 amide bonds. The number of hydrogen-bond donors (Lipinski definition) is 0. The number of rotatable bonds is 3. The van der Waals surface area contributed by atoms with Gasteiger partial charge in [0.2, 0.25) is 0 Å². The zero-order valence-electron chi connectivity index (χ0n) is 12.6. The van der Waals surface area contributed by atoms with Crippen LogP contribution >= 0.6 is 23.2 Å². The Morgan fingerprint density at radius 2 is 1.75 bits per heavy atom. The highest BCUT2D eigenvalue weighted by Crippen LogP contribution is 2.27. The van der Waals surface area contributed by atoms with Crippen molar-refractivity contribution in [2.45, 2.75) is 6.92 Å². The van der Waals surface area contributed by atoms with Crippen LogP contribution in [0.4, 0.5) is 0 Å². The summed E-state index contributed by atoms with van der Waals surface area (Å²) < 4.78 is 6.12. The maximum atomic E-state index is 12.9. The summed E-state index contributed by atoms with van der Waals surface area (Å²) in [5.41, 5.74) is 0.676. The van der Waals surface area contributed by atoms with E-state index in [1.807, 2.05) is 0 Å². The smallest absolute Gasteiger partial charge is 0.359 e. The summed E-state index contributed by atoms with van der Waals surface area (Å²) in [5.74, 6) is -1.11. The number of hydrogen-bond acceptors (Lipinski definition) is 4. The number of esters is 1. The summed E-state index contributed by atoms with van der Waals surface area (Å²) in [6.45, 7) is 1.91. The third kappa shape index (κ3) is 2.77. The average molecular weight is 363 g/mol. The van der Waals surface area contributed by atoms with Crippen LogP contribution in [0.5, 0.6) is 0 Å². The Kier molecular flexibility index (Phi) is 4.55. The van der Waals surface area contributed by atoms with Crippen LogP contribution < -0.4 is 0 Å². The first-order valence-electron chi connectivity index (χ1n) is 7.18. The highest BCUT2D eigenvalue weighted by molar-refractivity contribution is 6.39. The Labute approximate surface area is 147 Å². The van der Waals surface area contributed by atoms with Crippen LogP contribution in [-0.2, 0) is 4.74 Å². The number of para-hydroxylation sites is 1. The maximum Gasteiger partial charge on any atom is 0.359 e. The first-order valence-corrected chi connectivity index (χ1v) is 7.93. The number of benzene rings is 2. The lowest BCUT2D eigenvalue weighted by atomic mass is 10.2. The highest BCUT2D eigenvalue weighted by atomic mass is 35.5. The van der Waals surface area contributed by atoms with Gasteiger partial charge in [0.05, 0.1) is 27.7 Å². The number of aromatic nitrogens is 2. The number of carbonyl (C=O) groups is 2. The molecule has 0 fully saturated rings. The van der Waals surface area contributed by atoms with Gasteiger partial charge in [0, 0.05) is 5.39 Å². The molecule has 0 bridgehead atoms. The van der Waals surface area contributed by atoms with Crippen molar-refractivity contribution in [3.05, 3.63) is 63.8 Å². The summed E-state index contributed by atoms with van der Waals surface area (Å²) in [7, 11) is 0. The predicted octanol–water partition coefficient (Wildman–Crippen LogP) is 4.21. The lowest BCUT2D eigenvalue weighted by Crippen LogP contribution is -2.16. The number of ether oxygens (including phenoxy) is 1. The molecular weight excluding hydrogens is 351 g/mol. The van der Waals surface area contributed by atoms with Crippen molar-refractivity contribution in [1.82, 2.24) is 9.78 Å². The van der Waals surface area contributed by atoms with Crippen LogP contribution in [0.15, 0.2) is 42.5 Å². The molecule has 0 spiro atoms. The predicted molar refractivity (Wildman–Crippen MR) is 91.9 cm³/mol. The minimum atomic E-state index is -0.592. The molecule has 1 heterocycles. The standard InChI is InChI=1S/C17H12Cl2N2O3/c1-2-24-17(23)15-10-6-3-4-9-13(10)21(20-15)16(22)14-11(18)7-5-8-12(14)19/h3-9H,2H2,1H3. The second-order valence-electron chi connectivity index (χ2n) is 4.90. The quantitative estimate of drug-likeness (QED) is 0.654. The maximum absolute atomic E-state index is 12.9. The van der Waals surface area contributed by atoms with E-state index in [9.17, 15) is 9.59 Å². The monoisotopic (exact) mass is 362 g/mol. The summed E-state index contributed by atoms with van der Waals surface area (Å²) in [6, 6.07) is 11.7. The van der Waals surface area contributed by atoms with Crippen LogP contribution in [0.1, 0.15) is 27.8 Å². The Hall–Kier alpha value is -2.37. The van der Waals surface area contributed by atoms with Crippen molar-refractivity contribution in [3.8, 4) is 0 Å². The Morgan fingerprint density at radius 3 is 2.42 bits per heavy atom. The molecule has 0 unspecified atom stereocenters. The molecule has 0 saturated carbocycles. The summed E-state index contributed by atoms with van der Waals surface area (Å²) in [4.78, 5) is 25.0. The molecule has 3 aromatic rings. The van der Waals surface area contributed by atoms with Gasteiger partial charge in [0.25, 0.3) is 5.91 Å². The topological polar surface area (TPSA) is 61.2 Å². The molecule has 0 saturated heterocycles. The van der Waals surface area contributed by atoms with Gasteiger partial charge >= 0.3 is 5.97 Å². The van der Waals surface area contributed by atoms with Crippen molar-refractivity contribution in [3.63, 3.8) is 0 Å². The number of fused-ring (bicyclic) bond motifs is 1. The van der Waals surface area contributed by atoms with E-state index in [4.69, 9.17) is 27.9 Å². The Morgan fingerprint density at radius 1 is 1.08 bits per heavy atom. The van der Waals surface area contributed by atoms with Crippen molar-refractivity contribution >= 4 is 46.0 Å². The second-order valence-corrected chi connectivity index (χ2v) is 5.71. The fourth-order valence-corrected chi connectivity index (χ4v) is 2.94. The first-order chi connectivity index (χ1) is 11.5. The largest absolute Gasteiger partial charge is 0.461 e. The molecule has 0 aliphatic carbocycles. The molecule has 1 aromatic heterocycles. The third-order valence-electron chi connectivity index (χ3n) is 3.43. The molecule has 0 aliphatic heterocycles. The molecule has 0 radical (unpaired) electrons. The number of nitrogens with zero attached hydrogens (tertiary/aromatic N) is 2. The third-order valence-corrected chi connectivity index (χ3v) is 4.06. The van der Waals surface area contributed by atoms with Crippen LogP contribution in [0.2, 0.25) is 10.0 Å². The molecule has 7 heteroatoms. The van der Waals surface area contributed by atoms with E-state index < -0.39 is 11.9 Å². The van der Waals surface area contributed by atoms with E-state index in [0.717, 1.165) is 4.68 Å². The minimum Gasteiger partial charge on any atom is -0.461 e. The van der Waals surface area contributed by atoms with Crippen molar-refractivity contribution < 1.29 is 14.3 Å². The van der Waals surface area contributed by atoms with E-state index in [0.29, 0.717) is 10.9 Å². The molecule has 2 aromatic carbocycles. The minimum absolute atomic E-state index is 0.0731. The lowest BCUT2D eigenvalue weighted by Gasteiger charge is -2.06. The van der Waals surface area contributed by atoms with Crippen LogP contribution in [0, 0.1) is 0 Å². The molecule has 122 valence electrons. The number of carbonyl (C=O) groups excluding carboxylic acids is 2. The van der Waals surface area contributed by atoms with E-state index in [-0.39, 0.29) is 27.9 Å². The second kappa shape index (κ2) is 6.63. The van der Waals surface area contributed by atoms with Gasteiger partial charge in [-0.1, -0.05) is 47.5 Å². The van der Waals surface area contributed by atoms with Gasteiger partial charge in [0.15, 0.2) is 5.69 Å². The average Bonchev–Trinajstić information content (AvgIpc) is 2.94. The van der Waals surface area contributed by atoms with Crippen molar-refractivity contribution in [2.24, 2.45) is 0 Å². The van der Waals surface area contributed by atoms with E-state index in [1.165, 1.54) is 0 Å². The summed E-state index contributed by atoms with van der Waals surface area (Å²) in [6.07, 6.45) is 0. The normalized spacial score (nSPS) is 10.8. The SMILES string of the molecule is CCOC(=O)c1nn(C(=O)c2c(Cl)cccc2Cl)c2ccccc12. The zero-order chi connectivity index (χ0) is 17.3. The molecule has 0 atom stereocenters. The molecule has 0 aliphatic rings. The van der Waals surface area contributed by atoms with Gasteiger partial charge < -0.3 is 4.74 Å². The lowest BCUT2D eigenvalue weighted by molar-refractivity contribution is 0.0521.